The van der Waals surface area contributed by atoms with Crippen LogP contribution in [-0.4, -0.2) is 56.6 Å². The Balaban J connectivity index is 1.86. The van der Waals surface area contributed by atoms with Gasteiger partial charge in [0.05, 0.1) is 17.4 Å². The average Bonchev–Trinajstić information content (AvgIpc) is 2.85. The van der Waals surface area contributed by atoms with Gasteiger partial charge in [-0.2, -0.15) is 4.98 Å². The molecule has 0 saturated carbocycles. The Morgan fingerprint density at radius 2 is 2.30 bits per heavy atom. The molecule has 0 bridgehead atoms. The number of aromatic nitrogens is 2. The van der Waals surface area contributed by atoms with Crippen LogP contribution in [0.3, 0.4) is 0 Å². The number of piperidine rings is 1. The molecule has 2 heterocycles. The number of carbonyl (C=O) groups is 2. The zero-order valence-corrected chi connectivity index (χ0v) is 12.1. The summed E-state index contributed by atoms with van der Waals surface area (Å²) in [4.78, 5) is 28.4. The highest BCUT2D eigenvalue weighted by atomic mass is 32.2. The zero-order chi connectivity index (χ0) is 14.5. The van der Waals surface area contributed by atoms with Gasteiger partial charge in [0.1, 0.15) is 0 Å². The maximum absolute atomic E-state index is 12.0. The summed E-state index contributed by atoms with van der Waals surface area (Å²) in [5, 5.41) is 12.3. The molecular weight excluding hydrogens is 282 g/mol. The molecule has 110 valence electrons. The third kappa shape index (κ3) is 3.96. The van der Waals surface area contributed by atoms with Gasteiger partial charge in [0.15, 0.2) is 5.82 Å². The number of aryl methyl sites for hydroxylation is 1. The Morgan fingerprint density at radius 1 is 1.50 bits per heavy atom. The van der Waals surface area contributed by atoms with Gasteiger partial charge < -0.3 is 14.5 Å². The van der Waals surface area contributed by atoms with E-state index in [1.54, 1.807) is 11.8 Å². The van der Waals surface area contributed by atoms with E-state index in [-0.39, 0.29) is 23.3 Å². The van der Waals surface area contributed by atoms with E-state index >= 15 is 0 Å². The van der Waals surface area contributed by atoms with Crippen molar-refractivity contribution in [1.29, 1.82) is 0 Å². The lowest BCUT2D eigenvalue weighted by atomic mass is 9.98. The molecule has 1 aromatic rings. The number of rotatable bonds is 5. The van der Waals surface area contributed by atoms with Crippen LogP contribution >= 0.6 is 11.8 Å². The van der Waals surface area contributed by atoms with Crippen molar-refractivity contribution in [3.8, 4) is 0 Å². The number of hydrogen-bond donors (Lipinski definition) is 1. The van der Waals surface area contributed by atoms with Crippen LogP contribution in [0.25, 0.3) is 0 Å². The van der Waals surface area contributed by atoms with E-state index < -0.39 is 5.97 Å². The molecule has 1 atom stereocenters. The first kappa shape index (κ1) is 14.8. The molecule has 0 aliphatic carbocycles. The van der Waals surface area contributed by atoms with Crippen molar-refractivity contribution in [2.45, 2.75) is 25.7 Å². The molecule has 0 aromatic carbocycles. The average molecular weight is 299 g/mol. The summed E-state index contributed by atoms with van der Waals surface area (Å²) in [6.45, 7) is 3.03. The summed E-state index contributed by atoms with van der Waals surface area (Å²) >= 11 is 1.12. The van der Waals surface area contributed by atoms with E-state index in [1.165, 1.54) is 0 Å². The number of carboxylic acids is 1. The summed E-state index contributed by atoms with van der Waals surface area (Å²) in [6, 6.07) is 0. The second kappa shape index (κ2) is 6.74. The number of carboxylic acid groups (broad SMARTS) is 1. The second-order valence-corrected chi connectivity index (χ2v) is 5.73. The van der Waals surface area contributed by atoms with Crippen LogP contribution in [0.5, 0.6) is 0 Å². The Hall–Kier alpha value is -1.57. The first-order valence-electron chi connectivity index (χ1n) is 6.44. The van der Waals surface area contributed by atoms with Crippen molar-refractivity contribution in [2.75, 3.05) is 24.6 Å². The van der Waals surface area contributed by atoms with Gasteiger partial charge in [-0.3, -0.25) is 9.59 Å². The Morgan fingerprint density at radius 3 is 2.95 bits per heavy atom. The van der Waals surface area contributed by atoms with E-state index in [2.05, 4.69) is 10.1 Å². The van der Waals surface area contributed by atoms with E-state index in [4.69, 9.17) is 9.63 Å². The molecule has 0 spiro atoms. The molecule has 20 heavy (non-hydrogen) atoms. The number of thioether (sulfide) groups is 1. The first-order valence-corrected chi connectivity index (χ1v) is 7.59. The maximum Gasteiger partial charge on any atom is 0.313 e. The Labute approximate surface area is 120 Å². The van der Waals surface area contributed by atoms with Gasteiger partial charge in [0, 0.05) is 13.1 Å². The fourth-order valence-corrected chi connectivity index (χ4v) is 2.83. The van der Waals surface area contributed by atoms with Gasteiger partial charge in [0.25, 0.3) is 0 Å². The maximum atomic E-state index is 12.0. The summed E-state index contributed by atoms with van der Waals surface area (Å²) in [5.41, 5.74) is 0. The van der Waals surface area contributed by atoms with Crippen molar-refractivity contribution in [3.63, 3.8) is 0 Å². The molecule has 1 aliphatic heterocycles. The minimum absolute atomic E-state index is 0.0304. The molecule has 7 nitrogen and oxygen atoms in total. The van der Waals surface area contributed by atoms with E-state index in [9.17, 15) is 9.59 Å². The van der Waals surface area contributed by atoms with Crippen LogP contribution in [0.15, 0.2) is 4.52 Å². The lowest BCUT2D eigenvalue weighted by Crippen LogP contribution is -2.40. The Kier molecular flexibility index (Phi) is 4.99. The highest BCUT2D eigenvalue weighted by molar-refractivity contribution is 8.00. The Bertz CT molecular complexity index is 491. The van der Waals surface area contributed by atoms with Crippen molar-refractivity contribution in [3.05, 3.63) is 11.7 Å². The van der Waals surface area contributed by atoms with Crippen LogP contribution in [0.4, 0.5) is 0 Å². The second-order valence-electron chi connectivity index (χ2n) is 4.75. The smallest absolute Gasteiger partial charge is 0.313 e. The molecule has 1 N–H and O–H groups in total. The number of hydrogen-bond acceptors (Lipinski definition) is 6. The molecule has 8 heteroatoms. The van der Waals surface area contributed by atoms with E-state index in [0.717, 1.165) is 24.6 Å². The predicted octanol–water partition coefficient (Wildman–Crippen LogP) is 0.902. The third-order valence-electron chi connectivity index (χ3n) is 3.12. The molecule has 1 aliphatic rings. The highest BCUT2D eigenvalue weighted by Gasteiger charge is 2.28. The monoisotopic (exact) mass is 299 g/mol. The fourth-order valence-electron chi connectivity index (χ4n) is 2.20. The number of aliphatic carboxylic acids is 1. The van der Waals surface area contributed by atoms with E-state index in [0.29, 0.717) is 24.8 Å². The van der Waals surface area contributed by atoms with Crippen LogP contribution < -0.4 is 0 Å². The van der Waals surface area contributed by atoms with Crippen LogP contribution in [0.2, 0.25) is 0 Å². The topological polar surface area (TPSA) is 96.5 Å². The molecular formula is C12H17N3O4S. The zero-order valence-electron chi connectivity index (χ0n) is 11.2. The normalized spacial score (nSPS) is 19.1. The number of amides is 1. The highest BCUT2D eigenvalue weighted by Crippen LogP contribution is 2.26. The molecule has 0 radical (unpaired) electrons. The number of nitrogens with zero attached hydrogens (tertiary/aromatic N) is 3. The van der Waals surface area contributed by atoms with E-state index in [1.807, 2.05) is 0 Å². The fraction of sp³-hybridized carbons (Fsp3) is 0.667. The van der Waals surface area contributed by atoms with Gasteiger partial charge in [0.2, 0.25) is 11.8 Å². The molecule has 1 fully saturated rings. The summed E-state index contributed by atoms with van der Waals surface area (Å²) < 4.78 is 5.16. The summed E-state index contributed by atoms with van der Waals surface area (Å²) in [7, 11) is 0. The third-order valence-corrected chi connectivity index (χ3v) is 4.02. The summed E-state index contributed by atoms with van der Waals surface area (Å²) in [6.07, 6.45) is 1.81. The van der Waals surface area contributed by atoms with Crippen LogP contribution in [-0.2, 0) is 9.59 Å². The lowest BCUT2D eigenvalue weighted by Gasteiger charge is -2.30. The van der Waals surface area contributed by atoms with Crippen molar-refractivity contribution in [1.82, 2.24) is 15.0 Å². The van der Waals surface area contributed by atoms with Crippen molar-refractivity contribution >= 4 is 23.6 Å². The minimum atomic E-state index is -0.902. The standard InChI is InChI=1S/C12H17N3O4S/c1-8-13-12(19-14-8)9-3-2-4-15(5-9)10(16)6-20-7-11(17)18/h9H,2-7H2,1H3,(H,17,18). The van der Waals surface area contributed by atoms with Crippen molar-refractivity contribution in [2.24, 2.45) is 0 Å². The van der Waals surface area contributed by atoms with Gasteiger partial charge in [-0.15, -0.1) is 11.8 Å². The number of likely N-dealkylation sites (tertiary alicyclic amines) is 1. The first-order chi connectivity index (χ1) is 9.56. The van der Waals surface area contributed by atoms with Crippen LogP contribution in [0, 0.1) is 6.92 Å². The summed E-state index contributed by atoms with van der Waals surface area (Å²) in [5.74, 6) is 0.475. The van der Waals surface area contributed by atoms with Gasteiger partial charge in [-0.1, -0.05) is 5.16 Å². The van der Waals surface area contributed by atoms with Gasteiger partial charge in [-0.25, -0.2) is 0 Å². The molecule has 2 rings (SSSR count). The molecule has 1 amide bonds. The van der Waals surface area contributed by atoms with Crippen molar-refractivity contribution < 1.29 is 19.2 Å². The quantitative estimate of drug-likeness (QED) is 0.862. The van der Waals surface area contributed by atoms with Gasteiger partial charge in [-0.05, 0) is 19.8 Å². The lowest BCUT2D eigenvalue weighted by molar-refractivity contribution is -0.133. The predicted molar refractivity (Wildman–Crippen MR) is 72.6 cm³/mol. The minimum Gasteiger partial charge on any atom is -0.481 e. The van der Waals surface area contributed by atoms with Crippen LogP contribution in [0.1, 0.15) is 30.5 Å². The van der Waals surface area contributed by atoms with Gasteiger partial charge >= 0.3 is 5.97 Å². The SMILES string of the molecule is Cc1noc(C2CCCN(C(=O)CSCC(=O)O)C2)n1. The molecule has 1 unspecified atom stereocenters. The molecule has 1 aromatic heterocycles. The number of carbonyl (C=O) groups excluding carboxylic acids is 1. The largest absolute Gasteiger partial charge is 0.481 e. The molecule has 1 saturated heterocycles.